The van der Waals surface area contributed by atoms with Gasteiger partial charge in [-0.1, -0.05) is 66.6 Å². The molecule has 0 aliphatic heterocycles. The fourth-order valence-electron chi connectivity index (χ4n) is 3.99. The van der Waals surface area contributed by atoms with Crippen LogP contribution in [0.5, 0.6) is 0 Å². The van der Waals surface area contributed by atoms with E-state index < -0.39 is 34.3 Å². The maximum absolute atomic E-state index is 13.9. The molecule has 0 heterocycles. The van der Waals surface area contributed by atoms with Crippen molar-refractivity contribution in [3.8, 4) is 0 Å². The Morgan fingerprint density at radius 1 is 1.00 bits per heavy atom. The number of sulfonamides is 1. The first-order valence-corrected chi connectivity index (χ1v) is 14.1. The Kier molecular flexibility index (Phi) is 9.88. The Balaban J connectivity index is 2.06. The molecule has 3 aromatic rings. The zero-order chi connectivity index (χ0) is 27.9. The predicted molar refractivity (Wildman–Crippen MR) is 147 cm³/mol. The summed E-state index contributed by atoms with van der Waals surface area (Å²) >= 11 is 5.98. The number of nitrogens with one attached hydrogen (secondary N) is 1. The first kappa shape index (κ1) is 29.1. The number of rotatable bonds is 11. The average Bonchev–Trinajstić information content (AvgIpc) is 2.90. The van der Waals surface area contributed by atoms with Crippen LogP contribution in [0.2, 0.25) is 5.02 Å². The molecular weight excluding hydrogens is 529 g/mol. The highest BCUT2D eigenvalue weighted by Gasteiger charge is 2.33. The maximum Gasteiger partial charge on any atom is 0.264 e. The quantitative estimate of drug-likeness (QED) is 0.361. The molecule has 0 bridgehead atoms. The van der Waals surface area contributed by atoms with Gasteiger partial charge in [0.15, 0.2) is 0 Å². The number of likely N-dealkylation sites (N-methyl/N-ethyl adjacent to an activating group) is 1. The van der Waals surface area contributed by atoms with Crippen LogP contribution in [0.4, 0.5) is 10.1 Å². The molecular formula is C28H31ClFN3O4S. The molecule has 0 saturated heterocycles. The van der Waals surface area contributed by atoms with Crippen LogP contribution in [0.3, 0.4) is 0 Å². The number of benzene rings is 3. The van der Waals surface area contributed by atoms with Gasteiger partial charge < -0.3 is 10.2 Å². The van der Waals surface area contributed by atoms with E-state index in [1.807, 2.05) is 31.2 Å². The van der Waals surface area contributed by atoms with Crippen molar-refractivity contribution in [2.45, 2.75) is 44.7 Å². The van der Waals surface area contributed by atoms with Crippen molar-refractivity contribution in [3.05, 3.63) is 94.8 Å². The first-order valence-electron chi connectivity index (χ1n) is 12.2. The number of hydrogen-bond donors (Lipinski definition) is 1. The molecule has 0 spiro atoms. The van der Waals surface area contributed by atoms with E-state index in [0.717, 1.165) is 27.6 Å². The molecule has 3 aromatic carbocycles. The fourth-order valence-corrected chi connectivity index (χ4v) is 5.59. The second kappa shape index (κ2) is 12.9. The molecule has 0 unspecified atom stereocenters. The third kappa shape index (κ3) is 6.90. The topological polar surface area (TPSA) is 86.8 Å². The zero-order valence-corrected chi connectivity index (χ0v) is 23.1. The zero-order valence-electron chi connectivity index (χ0n) is 21.5. The summed E-state index contributed by atoms with van der Waals surface area (Å²) in [4.78, 5) is 28.1. The van der Waals surface area contributed by atoms with E-state index >= 15 is 0 Å². The van der Waals surface area contributed by atoms with Gasteiger partial charge in [-0.2, -0.15) is 0 Å². The van der Waals surface area contributed by atoms with Gasteiger partial charge in [0.05, 0.1) is 15.6 Å². The molecule has 0 fully saturated rings. The minimum atomic E-state index is -4.25. The lowest BCUT2D eigenvalue weighted by molar-refractivity contribution is -0.140. The number of carbonyl (C=O) groups excluding carboxylic acids is 2. The molecule has 0 aromatic heterocycles. The Hall–Kier alpha value is -3.43. The monoisotopic (exact) mass is 559 g/mol. The molecule has 1 atom stereocenters. The van der Waals surface area contributed by atoms with Crippen molar-refractivity contribution >= 4 is 39.1 Å². The molecule has 2 amide bonds. The van der Waals surface area contributed by atoms with E-state index in [1.54, 1.807) is 32.0 Å². The van der Waals surface area contributed by atoms with Crippen LogP contribution in [-0.4, -0.2) is 44.3 Å². The van der Waals surface area contributed by atoms with Crippen LogP contribution >= 0.6 is 11.6 Å². The van der Waals surface area contributed by atoms with Crippen LogP contribution in [0.1, 0.15) is 31.4 Å². The smallest absolute Gasteiger partial charge is 0.264 e. The van der Waals surface area contributed by atoms with Crippen molar-refractivity contribution in [3.63, 3.8) is 0 Å². The Morgan fingerprint density at radius 2 is 1.66 bits per heavy atom. The number of carbonyl (C=O) groups is 2. The molecule has 0 aliphatic rings. The van der Waals surface area contributed by atoms with Gasteiger partial charge in [-0.3, -0.25) is 13.9 Å². The summed E-state index contributed by atoms with van der Waals surface area (Å²) in [7, 11) is -4.25. The average molecular weight is 560 g/mol. The fraction of sp³-hybridized carbons (Fsp3) is 0.286. The van der Waals surface area contributed by atoms with Crippen LogP contribution in [0.15, 0.2) is 77.7 Å². The molecule has 38 heavy (non-hydrogen) atoms. The molecule has 0 saturated carbocycles. The molecule has 0 aliphatic carbocycles. The second-order valence-corrected chi connectivity index (χ2v) is 11.0. The van der Waals surface area contributed by atoms with Gasteiger partial charge in [0.1, 0.15) is 18.4 Å². The van der Waals surface area contributed by atoms with E-state index in [1.165, 1.54) is 23.1 Å². The van der Waals surface area contributed by atoms with Crippen LogP contribution in [0, 0.1) is 12.7 Å². The Morgan fingerprint density at radius 3 is 2.24 bits per heavy atom. The van der Waals surface area contributed by atoms with E-state index in [9.17, 15) is 22.4 Å². The van der Waals surface area contributed by atoms with Gasteiger partial charge in [0.2, 0.25) is 11.8 Å². The standard InChI is InChI=1S/C28H31ClFN3O4S/c1-4-26(28(35)31-5-2)32(18-21-13-11-20(3)12-14-21)27(34)19-33(22-15-16-25(30)24(29)17-22)38(36,37)23-9-7-6-8-10-23/h6-17,26H,4-5,18-19H2,1-3H3,(H,31,35)/t26-/m1/s1. The lowest BCUT2D eigenvalue weighted by Crippen LogP contribution is -2.52. The van der Waals surface area contributed by atoms with Crippen molar-refractivity contribution < 1.29 is 22.4 Å². The number of hydrogen-bond acceptors (Lipinski definition) is 4. The number of nitrogens with zero attached hydrogens (tertiary/aromatic N) is 2. The lowest BCUT2D eigenvalue weighted by Gasteiger charge is -2.33. The van der Waals surface area contributed by atoms with Crippen LogP contribution in [-0.2, 0) is 26.2 Å². The number of amides is 2. The molecule has 3 rings (SSSR count). The third-order valence-electron chi connectivity index (χ3n) is 6.01. The van der Waals surface area contributed by atoms with Gasteiger partial charge in [0, 0.05) is 13.1 Å². The van der Waals surface area contributed by atoms with Gasteiger partial charge in [-0.05, 0) is 56.2 Å². The van der Waals surface area contributed by atoms with Gasteiger partial charge in [-0.25, -0.2) is 12.8 Å². The van der Waals surface area contributed by atoms with Crippen LogP contribution < -0.4 is 9.62 Å². The minimum absolute atomic E-state index is 0.0231. The van der Waals surface area contributed by atoms with Gasteiger partial charge in [0.25, 0.3) is 10.0 Å². The normalized spacial score (nSPS) is 12.0. The maximum atomic E-state index is 13.9. The lowest BCUT2D eigenvalue weighted by atomic mass is 10.1. The number of anilines is 1. The van der Waals surface area contributed by atoms with E-state index in [4.69, 9.17) is 11.6 Å². The molecule has 7 nitrogen and oxygen atoms in total. The second-order valence-electron chi connectivity index (χ2n) is 8.75. The number of halogens is 2. The van der Waals surface area contributed by atoms with Crippen LogP contribution in [0.25, 0.3) is 0 Å². The molecule has 202 valence electrons. The third-order valence-corrected chi connectivity index (χ3v) is 8.09. The van der Waals surface area contributed by atoms with Gasteiger partial charge in [-0.15, -0.1) is 0 Å². The SMILES string of the molecule is CCNC(=O)[C@@H](CC)N(Cc1ccc(C)cc1)C(=O)CN(c1ccc(F)c(Cl)c1)S(=O)(=O)c1ccccc1. The van der Waals surface area contributed by atoms with E-state index in [2.05, 4.69) is 5.32 Å². The molecule has 10 heteroatoms. The Bertz CT molecular complexity index is 1370. The molecule has 0 radical (unpaired) electrons. The molecule has 1 N–H and O–H groups in total. The highest BCUT2D eigenvalue weighted by molar-refractivity contribution is 7.92. The van der Waals surface area contributed by atoms with E-state index in [0.29, 0.717) is 13.0 Å². The summed E-state index contributed by atoms with van der Waals surface area (Å²) in [5, 5.41) is 2.47. The van der Waals surface area contributed by atoms with Gasteiger partial charge >= 0.3 is 0 Å². The summed E-state index contributed by atoms with van der Waals surface area (Å²) in [6.45, 7) is 5.36. The highest BCUT2D eigenvalue weighted by Crippen LogP contribution is 2.28. The summed E-state index contributed by atoms with van der Waals surface area (Å²) < 4.78 is 42.2. The summed E-state index contributed by atoms with van der Waals surface area (Å²) in [5.74, 6) is -1.65. The largest absolute Gasteiger partial charge is 0.355 e. The first-order chi connectivity index (χ1) is 18.1. The van der Waals surface area contributed by atoms with Crippen molar-refractivity contribution in [2.24, 2.45) is 0 Å². The summed E-state index contributed by atoms with van der Waals surface area (Å²) in [5.41, 5.74) is 1.85. The Labute approximate surface area is 228 Å². The predicted octanol–water partition coefficient (Wildman–Crippen LogP) is 4.93. The summed E-state index contributed by atoms with van der Waals surface area (Å²) in [6.07, 6.45) is 0.317. The summed E-state index contributed by atoms with van der Waals surface area (Å²) in [6, 6.07) is 17.8. The van der Waals surface area contributed by atoms with E-state index in [-0.39, 0.29) is 28.1 Å². The minimum Gasteiger partial charge on any atom is -0.355 e. The van der Waals surface area contributed by atoms with Crippen molar-refractivity contribution in [1.82, 2.24) is 10.2 Å². The highest BCUT2D eigenvalue weighted by atomic mass is 35.5. The van der Waals surface area contributed by atoms with Crippen molar-refractivity contribution in [2.75, 3.05) is 17.4 Å². The van der Waals surface area contributed by atoms with Crippen molar-refractivity contribution in [1.29, 1.82) is 0 Å². The number of aryl methyl sites for hydroxylation is 1.